The van der Waals surface area contributed by atoms with E-state index in [9.17, 15) is 9.59 Å². The smallest absolute Gasteiger partial charge is 0.237 e. The van der Waals surface area contributed by atoms with Gasteiger partial charge in [-0.25, -0.2) is 0 Å². The Kier molecular flexibility index (Phi) is 6.02. The molecule has 136 valence electrons. The van der Waals surface area contributed by atoms with Gasteiger partial charge in [-0.2, -0.15) is 0 Å². The number of nitrogens with zero attached hydrogens (tertiary/aromatic N) is 2. The zero-order valence-electron chi connectivity index (χ0n) is 15.0. The molecule has 3 heterocycles. The molecular formula is C19H28N4O2. The fourth-order valence-electron chi connectivity index (χ4n) is 3.62. The summed E-state index contributed by atoms with van der Waals surface area (Å²) in [4.78, 5) is 30.9. The summed E-state index contributed by atoms with van der Waals surface area (Å²) >= 11 is 0. The van der Waals surface area contributed by atoms with E-state index in [2.05, 4.69) is 15.6 Å². The fraction of sp³-hybridized carbons (Fsp3) is 0.632. The first-order valence-electron chi connectivity index (χ1n) is 9.32. The summed E-state index contributed by atoms with van der Waals surface area (Å²) in [5.74, 6) is 0.602. The number of aryl methyl sites for hydroxylation is 1. The molecule has 1 aromatic heterocycles. The molecule has 2 aliphatic rings. The summed E-state index contributed by atoms with van der Waals surface area (Å²) < 4.78 is 0. The standard InChI is InChI=1S/C19H28N4O2/c1-14-6-7-15(11-21-14)10-18(24)23-9-3-4-16(13-23)12-22-19(25)17-5-2-8-20-17/h6-7,11,16-17,20H,2-5,8-10,12-13H2,1H3,(H,22,25). The van der Waals surface area contributed by atoms with Crippen molar-refractivity contribution in [2.45, 2.75) is 45.1 Å². The highest BCUT2D eigenvalue weighted by molar-refractivity contribution is 5.82. The average Bonchev–Trinajstić information content (AvgIpc) is 3.16. The van der Waals surface area contributed by atoms with Crippen LogP contribution < -0.4 is 10.6 Å². The number of aromatic nitrogens is 1. The number of hydrogen-bond acceptors (Lipinski definition) is 4. The quantitative estimate of drug-likeness (QED) is 0.837. The number of likely N-dealkylation sites (tertiary alicyclic amines) is 1. The summed E-state index contributed by atoms with van der Waals surface area (Å²) in [6.07, 6.45) is 6.24. The lowest BCUT2D eigenvalue weighted by Gasteiger charge is -2.33. The Bertz CT molecular complexity index is 596. The van der Waals surface area contributed by atoms with Gasteiger partial charge in [0, 0.05) is 31.5 Å². The summed E-state index contributed by atoms with van der Waals surface area (Å²) in [5.41, 5.74) is 1.92. The van der Waals surface area contributed by atoms with Crippen LogP contribution in [0.2, 0.25) is 0 Å². The van der Waals surface area contributed by atoms with Crippen molar-refractivity contribution < 1.29 is 9.59 Å². The molecule has 0 saturated carbocycles. The highest BCUT2D eigenvalue weighted by atomic mass is 16.2. The van der Waals surface area contributed by atoms with Gasteiger partial charge in [0.1, 0.15) is 0 Å². The van der Waals surface area contributed by atoms with Crippen LogP contribution >= 0.6 is 0 Å². The van der Waals surface area contributed by atoms with E-state index < -0.39 is 0 Å². The van der Waals surface area contributed by atoms with Crippen LogP contribution in [0.25, 0.3) is 0 Å². The largest absolute Gasteiger partial charge is 0.354 e. The Labute approximate surface area is 149 Å². The summed E-state index contributed by atoms with van der Waals surface area (Å²) in [7, 11) is 0. The molecule has 2 atom stereocenters. The first kappa shape index (κ1) is 17.9. The molecule has 1 aromatic rings. The maximum Gasteiger partial charge on any atom is 0.237 e. The van der Waals surface area contributed by atoms with Crippen molar-refractivity contribution in [3.8, 4) is 0 Å². The second-order valence-corrected chi connectivity index (χ2v) is 7.23. The van der Waals surface area contributed by atoms with Gasteiger partial charge in [0.25, 0.3) is 0 Å². The first-order chi connectivity index (χ1) is 12.1. The minimum atomic E-state index is -0.0321. The van der Waals surface area contributed by atoms with Crippen molar-refractivity contribution in [2.75, 3.05) is 26.2 Å². The van der Waals surface area contributed by atoms with Gasteiger partial charge in [0.05, 0.1) is 12.5 Å². The maximum atomic E-state index is 12.5. The van der Waals surface area contributed by atoms with Crippen molar-refractivity contribution in [1.82, 2.24) is 20.5 Å². The van der Waals surface area contributed by atoms with E-state index in [1.54, 1.807) is 6.20 Å². The lowest BCUT2D eigenvalue weighted by Crippen LogP contribution is -2.47. The van der Waals surface area contributed by atoms with Crippen molar-refractivity contribution in [1.29, 1.82) is 0 Å². The van der Waals surface area contributed by atoms with Gasteiger partial charge in [0.15, 0.2) is 0 Å². The third-order valence-corrected chi connectivity index (χ3v) is 5.14. The third kappa shape index (κ3) is 5.01. The molecule has 0 aromatic carbocycles. The average molecular weight is 344 g/mol. The molecule has 2 saturated heterocycles. The van der Waals surface area contributed by atoms with E-state index in [1.165, 1.54) is 0 Å². The topological polar surface area (TPSA) is 74.3 Å². The lowest BCUT2D eigenvalue weighted by atomic mass is 9.97. The van der Waals surface area contributed by atoms with Gasteiger partial charge in [-0.3, -0.25) is 14.6 Å². The zero-order valence-corrected chi connectivity index (χ0v) is 15.0. The van der Waals surface area contributed by atoms with Crippen molar-refractivity contribution in [2.24, 2.45) is 5.92 Å². The van der Waals surface area contributed by atoms with Crippen LogP contribution in [0.5, 0.6) is 0 Å². The third-order valence-electron chi connectivity index (χ3n) is 5.14. The van der Waals surface area contributed by atoms with E-state index in [0.29, 0.717) is 18.9 Å². The van der Waals surface area contributed by atoms with Crippen LogP contribution in [0.4, 0.5) is 0 Å². The molecule has 2 unspecified atom stereocenters. The highest BCUT2D eigenvalue weighted by Gasteiger charge is 2.26. The predicted molar refractivity (Wildman–Crippen MR) is 96.0 cm³/mol. The maximum absolute atomic E-state index is 12.5. The minimum absolute atomic E-state index is 0.0321. The molecule has 2 aliphatic heterocycles. The Morgan fingerprint density at radius 2 is 2.20 bits per heavy atom. The number of hydrogen-bond donors (Lipinski definition) is 2. The van der Waals surface area contributed by atoms with E-state index in [-0.39, 0.29) is 17.9 Å². The Balaban J connectivity index is 1.46. The normalized spacial score (nSPS) is 23.5. The van der Waals surface area contributed by atoms with Gasteiger partial charge in [-0.05, 0) is 56.7 Å². The molecule has 2 fully saturated rings. The SMILES string of the molecule is Cc1ccc(CC(=O)N2CCCC(CNC(=O)C3CCCN3)C2)cn1. The van der Waals surface area contributed by atoms with Crippen LogP contribution in [0.15, 0.2) is 18.3 Å². The van der Waals surface area contributed by atoms with Gasteiger partial charge in [0.2, 0.25) is 11.8 Å². The number of rotatable bonds is 5. The Morgan fingerprint density at radius 1 is 1.32 bits per heavy atom. The number of carbonyl (C=O) groups excluding carboxylic acids is 2. The van der Waals surface area contributed by atoms with E-state index >= 15 is 0 Å². The number of amides is 2. The molecule has 25 heavy (non-hydrogen) atoms. The van der Waals surface area contributed by atoms with Gasteiger partial charge < -0.3 is 15.5 Å². The predicted octanol–water partition coefficient (Wildman–Crippen LogP) is 1.04. The Hall–Kier alpha value is -1.95. The number of nitrogens with one attached hydrogen (secondary N) is 2. The highest BCUT2D eigenvalue weighted by Crippen LogP contribution is 2.17. The van der Waals surface area contributed by atoms with Gasteiger partial charge in [-0.15, -0.1) is 0 Å². The molecule has 6 nitrogen and oxygen atoms in total. The number of carbonyl (C=O) groups is 2. The van der Waals surface area contributed by atoms with E-state index in [4.69, 9.17) is 0 Å². The number of pyridine rings is 1. The molecule has 0 bridgehead atoms. The molecule has 6 heteroatoms. The van der Waals surface area contributed by atoms with Gasteiger partial charge >= 0.3 is 0 Å². The van der Waals surface area contributed by atoms with Crippen LogP contribution in [0.1, 0.15) is 36.9 Å². The minimum Gasteiger partial charge on any atom is -0.354 e. The second kappa shape index (κ2) is 8.43. The molecule has 2 N–H and O–H groups in total. The van der Waals surface area contributed by atoms with Crippen molar-refractivity contribution >= 4 is 11.8 Å². The van der Waals surface area contributed by atoms with Gasteiger partial charge in [-0.1, -0.05) is 6.07 Å². The Morgan fingerprint density at radius 3 is 2.92 bits per heavy atom. The van der Waals surface area contributed by atoms with E-state index in [0.717, 1.165) is 56.6 Å². The fourth-order valence-corrected chi connectivity index (χ4v) is 3.62. The van der Waals surface area contributed by atoms with Crippen LogP contribution in [0.3, 0.4) is 0 Å². The molecule has 0 aliphatic carbocycles. The first-order valence-corrected chi connectivity index (χ1v) is 9.32. The van der Waals surface area contributed by atoms with E-state index in [1.807, 2.05) is 24.0 Å². The lowest BCUT2D eigenvalue weighted by molar-refractivity contribution is -0.132. The van der Waals surface area contributed by atoms with Crippen LogP contribution in [-0.2, 0) is 16.0 Å². The number of piperidine rings is 1. The van der Waals surface area contributed by atoms with Crippen molar-refractivity contribution in [3.05, 3.63) is 29.6 Å². The monoisotopic (exact) mass is 344 g/mol. The molecule has 0 spiro atoms. The summed E-state index contributed by atoms with van der Waals surface area (Å²) in [5, 5.41) is 6.28. The van der Waals surface area contributed by atoms with Crippen molar-refractivity contribution in [3.63, 3.8) is 0 Å². The van der Waals surface area contributed by atoms with Crippen LogP contribution in [0, 0.1) is 12.8 Å². The molecule has 0 radical (unpaired) electrons. The molecule has 2 amide bonds. The molecule has 3 rings (SSSR count). The second-order valence-electron chi connectivity index (χ2n) is 7.23. The zero-order chi connectivity index (χ0) is 17.6. The summed E-state index contributed by atoms with van der Waals surface area (Å²) in [6, 6.07) is 3.88. The van der Waals surface area contributed by atoms with Crippen LogP contribution in [-0.4, -0.2) is 53.9 Å². The summed E-state index contributed by atoms with van der Waals surface area (Å²) in [6.45, 7) is 5.07. The molecular weight excluding hydrogens is 316 g/mol.